The largest absolute Gasteiger partial charge is 0.265 e. The van der Waals surface area contributed by atoms with Gasteiger partial charge in [0, 0.05) is 12.4 Å². The molecule has 5 heteroatoms. The van der Waals surface area contributed by atoms with Crippen molar-refractivity contribution in [3.63, 3.8) is 0 Å². The quantitative estimate of drug-likeness (QED) is 0.551. The number of hydrogen-bond donors (Lipinski definition) is 0. The zero-order valence-corrected chi connectivity index (χ0v) is 14.5. The number of pyridine rings is 1. The maximum atomic E-state index is 9.01. The summed E-state index contributed by atoms with van der Waals surface area (Å²) in [6.07, 6.45) is 2.90. The highest BCUT2D eigenvalue weighted by Gasteiger charge is 2.12. The van der Waals surface area contributed by atoms with E-state index in [1.165, 1.54) is 0 Å². The van der Waals surface area contributed by atoms with Crippen LogP contribution in [0.4, 0.5) is 0 Å². The summed E-state index contributed by atoms with van der Waals surface area (Å²) in [6.45, 7) is 0. The lowest BCUT2D eigenvalue weighted by Gasteiger charge is -2.09. The fraction of sp³-hybridized carbons (Fsp3) is 0.150. The topological polar surface area (TPSA) is 54.5 Å². The van der Waals surface area contributed by atoms with Crippen molar-refractivity contribution in [3.8, 4) is 6.07 Å². The highest BCUT2D eigenvalue weighted by Crippen LogP contribution is 2.31. The van der Waals surface area contributed by atoms with Crippen molar-refractivity contribution >= 4 is 33.5 Å². The molecule has 0 atom stereocenters. The summed E-state index contributed by atoms with van der Waals surface area (Å²) in [4.78, 5) is 4.64. The first-order valence-electron chi connectivity index (χ1n) is 8.01. The maximum Gasteiger partial charge on any atom is 0.111 e. The molecule has 4 nitrogen and oxygen atoms in total. The van der Waals surface area contributed by atoms with Crippen LogP contribution in [0.25, 0.3) is 21.9 Å². The molecule has 4 aromatic rings. The summed E-state index contributed by atoms with van der Waals surface area (Å²) in [7, 11) is 1.86. The molecule has 0 unspecified atom stereocenters. The maximum absolute atomic E-state index is 9.01. The first-order valence-corrected chi connectivity index (χ1v) is 8.39. The lowest BCUT2D eigenvalue weighted by Crippen LogP contribution is -1.96. The third-order valence-electron chi connectivity index (χ3n) is 4.45. The monoisotopic (exact) mass is 346 g/mol. The Morgan fingerprint density at radius 2 is 1.92 bits per heavy atom. The van der Waals surface area contributed by atoms with E-state index in [4.69, 9.17) is 16.9 Å². The van der Waals surface area contributed by atoms with Gasteiger partial charge in [-0.3, -0.25) is 4.68 Å². The van der Waals surface area contributed by atoms with Crippen molar-refractivity contribution in [2.75, 3.05) is 0 Å². The van der Waals surface area contributed by atoms with Crippen molar-refractivity contribution in [1.29, 1.82) is 5.26 Å². The smallest absolute Gasteiger partial charge is 0.111 e. The van der Waals surface area contributed by atoms with Crippen LogP contribution in [-0.2, 0) is 19.9 Å². The fourth-order valence-electron chi connectivity index (χ4n) is 3.19. The van der Waals surface area contributed by atoms with Gasteiger partial charge in [-0.05, 0) is 35.2 Å². The molecule has 0 saturated heterocycles. The summed E-state index contributed by atoms with van der Waals surface area (Å²) in [5, 5.41) is 14.8. The molecule has 2 heterocycles. The number of halogens is 1. The van der Waals surface area contributed by atoms with Crippen molar-refractivity contribution < 1.29 is 0 Å². The Morgan fingerprint density at radius 3 is 2.72 bits per heavy atom. The fourth-order valence-corrected chi connectivity index (χ4v) is 3.56. The second-order valence-electron chi connectivity index (χ2n) is 6.06. The first-order chi connectivity index (χ1) is 12.2. The number of benzene rings is 2. The van der Waals surface area contributed by atoms with Crippen LogP contribution in [0.3, 0.4) is 0 Å². The van der Waals surface area contributed by atoms with Gasteiger partial charge in [-0.15, -0.1) is 0 Å². The zero-order valence-electron chi connectivity index (χ0n) is 13.7. The summed E-state index contributed by atoms with van der Waals surface area (Å²) in [6, 6.07) is 16.4. The van der Waals surface area contributed by atoms with E-state index in [0.29, 0.717) is 11.4 Å². The van der Waals surface area contributed by atoms with Crippen LogP contribution >= 0.6 is 11.6 Å². The minimum absolute atomic E-state index is 0.418. The van der Waals surface area contributed by atoms with Crippen molar-refractivity contribution in [3.05, 3.63) is 70.4 Å². The van der Waals surface area contributed by atoms with Gasteiger partial charge in [0.2, 0.25) is 0 Å². The van der Waals surface area contributed by atoms with Crippen LogP contribution in [-0.4, -0.2) is 14.8 Å². The molecule has 0 aliphatic rings. The minimum atomic E-state index is 0.418. The predicted molar refractivity (Wildman–Crippen MR) is 99.6 cm³/mol. The highest BCUT2D eigenvalue weighted by molar-refractivity contribution is 6.39. The molecule has 0 N–H and O–H groups in total. The summed E-state index contributed by atoms with van der Waals surface area (Å²) < 4.78 is 1.75. The summed E-state index contributed by atoms with van der Waals surface area (Å²) in [5.74, 6) is 0. The molecule has 0 saturated carbocycles. The van der Waals surface area contributed by atoms with E-state index in [9.17, 15) is 0 Å². The molecule has 0 spiro atoms. The Balaban J connectivity index is 1.82. The molecule has 0 aliphatic heterocycles. The number of nitriles is 1. The van der Waals surface area contributed by atoms with Crippen LogP contribution in [0, 0.1) is 11.3 Å². The van der Waals surface area contributed by atoms with Crippen LogP contribution in [0.1, 0.15) is 16.7 Å². The Hall–Kier alpha value is -2.90. The third kappa shape index (κ3) is 2.73. The van der Waals surface area contributed by atoms with Gasteiger partial charge in [0.25, 0.3) is 0 Å². The predicted octanol–water partition coefficient (Wildman–Crippen LogP) is 4.43. The van der Waals surface area contributed by atoms with E-state index in [1.54, 1.807) is 10.9 Å². The Kier molecular flexibility index (Phi) is 3.87. The summed E-state index contributed by atoms with van der Waals surface area (Å²) in [5.41, 5.74) is 5.87. The summed E-state index contributed by atoms with van der Waals surface area (Å²) >= 11 is 6.63. The Morgan fingerprint density at radius 1 is 1.12 bits per heavy atom. The van der Waals surface area contributed by atoms with E-state index < -0.39 is 0 Å². The standard InChI is InChI=1S/C20H15ClN4/c1-25-20-18(12-23-25)24-17-7-6-13(11-16(17)19(20)21)10-15-5-3-2-4-14(15)8-9-22/h2-7,11-12H,8,10H2,1H3. The molecule has 0 radical (unpaired) electrons. The van der Waals surface area contributed by atoms with Gasteiger partial charge in [-0.1, -0.05) is 41.9 Å². The molecule has 0 aliphatic carbocycles. The van der Waals surface area contributed by atoms with Crippen molar-refractivity contribution in [2.24, 2.45) is 7.05 Å². The molecule has 4 rings (SSSR count). The van der Waals surface area contributed by atoms with Crippen molar-refractivity contribution in [2.45, 2.75) is 12.8 Å². The first kappa shape index (κ1) is 15.6. The van der Waals surface area contributed by atoms with Gasteiger partial charge in [-0.25, -0.2) is 4.98 Å². The molecule has 0 fully saturated rings. The highest BCUT2D eigenvalue weighted by atomic mass is 35.5. The van der Waals surface area contributed by atoms with Crippen molar-refractivity contribution in [1.82, 2.24) is 14.8 Å². The normalized spacial score (nSPS) is 11.1. The molecule has 2 aromatic carbocycles. The second kappa shape index (κ2) is 6.19. The van der Waals surface area contributed by atoms with Gasteiger partial charge in [0.1, 0.15) is 11.0 Å². The van der Waals surface area contributed by atoms with Gasteiger partial charge < -0.3 is 0 Å². The van der Waals surface area contributed by atoms with Crippen LogP contribution < -0.4 is 0 Å². The molecule has 2 aromatic heterocycles. The van der Waals surface area contributed by atoms with Crippen LogP contribution in [0.15, 0.2) is 48.7 Å². The SMILES string of the molecule is Cn1ncc2nc3ccc(Cc4ccccc4CC#N)cc3c(Cl)c21. The Labute approximate surface area is 150 Å². The number of fused-ring (bicyclic) bond motifs is 2. The zero-order chi connectivity index (χ0) is 17.4. The number of hydrogen-bond acceptors (Lipinski definition) is 3. The lowest BCUT2D eigenvalue weighted by atomic mass is 9.97. The molecule has 0 amide bonds. The Bertz CT molecular complexity index is 1140. The number of aryl methyl sites for hydroxylation is 1. The van der Waals surface area contributed by atoms with Gasteiger partial charge in [0.15, 0.2) is 0 Å². The van der Waals surface area contributed by atoms with E-state index in [2.05, 4.69) is 34.4 Å². The van der Waals surface area contributed by atoms with E-state index in [0.717, 1.165) is 45.0 Å². The van der Waals surface area contributed by atoms with Gasteiger partial charge in [0.05, 0.1) is 29.2 Å². The molecular weight excluding hydrogens is 332 g/mol. The minimum Gasteiger partial charge on any atom is -0.265 e. The third-order valence-corrected chi connectivity index (χ3v) is 4.83. The number of nitrogens with zero attached hydrogens (tertiary/aromatic N) is 4. The van der Waals surface area contributed by atoms with E-state index >= 15 is 0 Å². The molecule has 122 valence electrons. The molecule has 25 heavy (non-hydrogen) atoms. The van der Waals surface area contributed by atoms with E-state index in [1.807, 2.05) is 31.3 Å². The molecular formula is C20H15ClN4. The van der Waals surface area contributed by atoms with Gasteiger partial charge in [-0.2, -0.15) is 10.4 Å². The van der Waals surface area contributed by atoms with Crippen LogP contribution in [0.5, 0.6) is 0 Å². The van der Waals surface area contributed by atoms with Gasteiger partial charge >= 0.3 is 0 Å². The average molecular weight is 347 g/mol. The average Bonchev–Trinajstić information content (AvgIpc) is 2.99. The molecule has 0 bridgehead atoms. The lowest BCUT2D eigenvalue weighted by molar-refractivity contribution is 0.797. The van der Waals surface area contributed by atoms with E-state index in [-0.39, 0.29) is 0 Å². The number of aromatic nitrogens is 3. The second-order valence-corrected chi connectivity index (χ2v) is 6.44. The number of rotatable bonds is 3. The van der Waals surface area contributed by atoms with Crippen LogP contribution in [0.2, 0.25) is 5.02 Å².